The van der Waals surface area contributed by atoms with Crippen LogP contribution in [0.5, 0.6) is 0 Å². The summed E-state index contributed by atoms with van der Waals surface area (Å²) in [5.41, 5.74) is 0. The van der Waals surface area contributed by atoms with E-state index in [0.717, 1.165) is 24.3 Å². The Morgan fingerprint density at radius 1 is 1.05 bits per heavy atom. The minimum Gasteiger partial charge on any atom is -0.0961 e. The van der Waals surface area contributed by atoms with Gasteiger partial charge in [-0.1, -0.05) is 101 Å². The third-order valence-electron chi connectivity index (χ3n) is 5.61. The summed E-state index contributed by atoms with van der Waals surface area (Å²) in [4.78, 5) is 0. The molecule has 2 heterocycles. The maximum absolute atomic E-state index is 2.69. The Hall–Kier alpha value is 0.0218. The smallest absolute Gasteiger partial charge is 0.0961 e. The molecule has 2 fully saturated rings. The van der Waals surface area contributed by atoms with Gasteiger partial charge in [0.2, 0.25) is 0 Å². The second-order valence-electron chi connectivity index (χ2n) is 8.35. The molecule has 2 heteroatoms. The summed E-state index contributed by atoms with van der Waals surface area (Å²) in [7, 11) is -1.11. The third kappa shape index (κ3) is 3.77. The highest BCUT2D eigenvalue weighted by atomic mass is 28.3. The average Bonchev–Trinajstić information content (AvgIpc) is 2.26. The van der Waals surface area contributed by atoms with E-state index in [1.165, 1.54) is 44.8 Å². The Balaban J connectivity index is 2.07. The molecule has 0 saturated carbocycles. The highest BCUT2D eigenvalue weighted by Crippen LogP contribution is 2.48. The van der Waals surface area contributed by atoms with Gasteiger partial charge in [0.05, 0.1) is 8.07 Å². The van der Waals surface area contributed by atoms with E-state index in [0.29, 0.717) is 0 Å². The molecule has 0 aromatic heterocycles. The molecule has 19 heavy (non-hydrogen) atoms. The van der Waals surface area contributed by atoms with Gasteiger partial charge in [-0.05, 0) is 5.92 Å². The van der Waals surface area contributed by atoms with Crippen molar-refractivity contribution in [3.05, 3.63) is 11.3 Å². The molecule has 0 aliphatic carbocycles. The molecule has 0 atom stereocenters. The van der Waals surface area contributed by atoms with Crippen molar-refractivity contribution in [2.75, 3.05) is 0 Å². The molecule has 0 N–H and O–H groups in total. The Morgan fingerprint density at radius 2 is 1.53 bits per heavy atom. The van der Waals surface area contributed by atoms with Gasteiger partial charge in [-0.25, -0.2) is 0 Å². The fourth-order valence-electron chi connectivity index (χ4n) is 4.87. The van der Waals surface area contributed by atoms with Crippen LogP contribution in [0.1, 0.15) is 52.4 Å². The SMILES string of the molecule is CC(C)/C(=C\CB1C2CCCC1CCC2)[Si](C)(C)C. The van der Waals surface area contributed by atoms with Gasteiger partial charge >= 0.3 is 0 Å². The lowest BCUT2D eigenvalue weighted by Gasteiger charge is -2.40. The molecule has 2 aliphatic rings. The lowest BCUT2D eigenvalue weighted by molar-refractivity contribution is 0.443. The van der Waals surface area contributed by atoms with Gasteiger partial charge < -0.3 is 0 Å². The minimum atomic E-state index is -1.11. The van der Waals surface area contributed by atoms with Gasteiger partial charge in [-0.15, -0.1) is 0 Å². The summed E-state index contributed by atoms with van der Waals surface area (Å²) in [6.45, 7) is 13.4. The fraction of sp³-hybridized carbons (Fsp3) is 0.882. The minimum absolute atomic E-state index is 0.759. The zero-order valence-electron chi connectivity index (χ0n) is 13.8. The molecule has 2 bridgehead atoms. The van der Waals surface area contributed by atoms with Crippen molar-refractivity contribution in [3.63, 3.8) is 0 Å². The van der Waals surface area contributed by atoms with E-state index in [9.17, 15) is 0 Å². The Kier molecular flexibility index (Phi) is 5.03. The highest BCUT2D eigenvalue weighted by molar-refractivity contribution is 6.83. The van der Waals surface area contributed by atoms with E-state index in [1.54, 1.807) is 0 Å². The molecule has 2 saturated heterocycles. The summed E-state index contributed by atoms with van der Waals surface area (Å²) in [6.07, 6.45) is 13.2. The van der Waals surface area contributed by atoms with Crippen LogP contribution in [0.15, 0.2) is 11.3 Å². The predicted octanol–water partition coefficient (Wildman–Crippen LogP) is 6.05. The van der Waals surface area contributed by atoms with Gasteiger partial charge in [-0.3, -0.25) is 0 Å². The number of allylic oxidation sites excluding steroid dienone is 2. The topological polar surface area (TPSA) is 0 Å². The van der Waals surface area contributed by atoms with Crippen molar-refractivity contribution in [1.29, 1.82) is 0 Å². The zero-order chi connectivity index (χ0) is 14.0. The van der Waals surface area contributed by atoms with Crippen LogP contribution in [0.4, 0.5) is 0 Å². The molecule has 0 radical (unpaired) electrons. The molecule has 2 rings (SSSR count). The largest absolute Gasteiger partial charge is 0.150 e. The lowest BCUT2D eigenvalue weighted by Crippen LogP contribution is -2.34. The first-order valence-electron chi connectivity index (χ1n) is 8.60. The summed E-state index contributed by atoms with van der Waals surface area (Å²) in [5.74, 6) is 2.90. The monoisotopic (exact) mass is 276 g/mol. The van der Waals surface area contributed by atoms with Gasteiger partial charge in [0, 0.05) is 0 Å². The lowest BCUT2D eigenvalue weighted by atomic mass is 9.26. The molecule has 2 aliphatic heterocycles. The van der Waals surface area contributed by atoms with Gasteiger partial charge in [-0.2, -0.15) is 0 Å². The summed E-state index contributed by atoms with van der Waals surface area (Å²) >= 11 is 0. The predicted molar refractivity (Wildman–Crippen MR) is 92.0 cm³/mol. The number of rotatable bonds is 4. The Bertz CT molecular complexity index is 305. The van der Waals surface area contributed by atoms with Crippen LogP contribution < -0.4 is 0 Å². The Labute approximate surface area is 122 Å². The summed E-state index contributed by atoms with van der Waals surface area (Å²) < 4.78 is 0. The quantitative estimate of drug-likeness (QED) is 0.548. The van der Waals surface area contributed by atoms with Crippen LogP contribution in [0, 0.1) is 5.92 Å². The van der Waals surface area contributed by atoms with E-state index < -0.39 is 8.07 Å². The van der Waals surface area contributed by atoms with Crippen molar-refractivity contribution in [1.82, 2.24) is 0 Å². The van der Waals surface area contributed by atoms with Crippen molar-refractivity contribution in [2.24, 2.45) is 5.92 Å². The average molecular weight is 276 g/mol. The molecule has 0 unspecified atom stereocenters. The second-order valence-corrected chi connectivity index (χ2v) is 13.4. The number of hydrogen-bond donors (Lipinski definition) is 0. The van der Waals surface area contributed by atoms with Crippen molar-refractivity contribution < 1.29 is 0 Å². The van der Waals surface area contributed by atoms with Crippen molar-refractivity contribution in [3.8, 4) is 0 Å². The zero-order valence-corrected chi connectivity index (χ0v) is 14.8. The van der Waals surface area contributed by atoms with Crippen LogP contribution in [0.3, 0.4) is 0 Å². The molecule has 0 aromatic rings. The first kappa shape index (κ1) is 15.4. The molecule has 0 aromatic carbocycles. The molecule has 108 valence electrons. The fourth-order valence-corrected chi connectivity index (χ4v) is 7.33. The van der Waals surface area contributed by atoms with Gasteiger partial charge in [0.25, 0.3) is 0 Å². The maximum Gasteiger partial charge on any atom is 0.150 e. The normalized spacial score (nSPS) is 28.9. The van der Waals surface area contributed by atoms with Crippen molar-refractivity contribution >= 4 is 14.8 Å². The van der Waals surface area contributed by atoms with E-state index in [2.05, 4.69) is 39.6 Å². The first-order chi connectivity index (χ1) is 8.89. The molecular formula is C17H33BSi. The van der Waals surface area contributed by atoms with E-state index >= 15 is 0 Å². The second kappa shape index (κ2) is 6.20. The van der Waals surface area contributed by atoms with E-state index in [1.807, 2.05) is 5.20 Å². The third-order valence-corrected chi connectivity index (χ3v) is 8.12. The molecule has 0 spiro atoms. The van der Waals surface area contributed by atoms with E-state index in [4.69, 9.17) is 0 Å². The van der Waals surface area contributed by atoms with Crippen LogP contribution >= 0.6 is 0 Å². The van der Waals surface area contributed by atoms with Gasteiger partial charge in [0.1, 0.15) is 6.71 Å². The number of fused-ring (bicyclic) bond motifs is 2. The number of hydrogen-bond acceptors (Lipinski definition) is 0. The van der Waals surface area contributed by atoms with Crippen molar-refractivity contribution in [2.45, 2.75) is 90.0 Å². The molecular weight excluding hydrogens is 243 g/mol. The maximum atomic E-state index is 2.69. The van der Waals surface area contributed by atoms with Crippen LogP contribution in [-0.2, 0) is 0 Å². The van der Waals surface area contributed by atoms with Crippen LogP contribution in [-0.4, -0.2) is 14.8 Å². The first-order valence-corrected chi connectivity index (χ1v) is 12.1. The summed E-state index contributed by atoms with van der Waals surface area (Å²) in [6, 6.07) is 0. The van der Waals surface area contributed by atoms with Crippen LogP contribution in [0.25, 0.3) is 0 Å². The molecule has 0 nitrogen and oxygen atoms in total. The van der Waals surface area contributed by atoms with E-state index in [-0.39, 0.29) is 0 Å². The highest BCUT2D eigenvalue weighted by Gasteiger charge is 2.38. The van der Waals surface area contributed by atoms with Crippen LogP contribution in [0.2, 0.25) is 37.6 Å². The van der Waals surface area contributed by atoms with Gasteiger partial charge in [0.15, 0.2) is 0 Å². The standard InChI is InChI=1S/C17H33BSi/c1-14(2)17(19(3,4)5)12-13-18-15-8-6-9-16(18)11-7-10-15/h12,14-16H,6-11,13H2,1-5H3/b17-12+. The summed E-state index contributed by atoms with van der Waals surface area (Å²) in [5, 5.41) is 1.82. The molecule has 0 amide bonds. The Morgan fingerprint density at radius 3 is 1.89 bits per heavy atom.